The predicted molar refractivity (Wildman–Crippen MR) is 77.2 cm³/mol. The van der Waals surface area contributed by atoms with Crippen molar-refractivity contribution in [1.29, 1.82) is 0 Å². The summed E-state index contributed by atoms with van der Waals surface area (Å²) in [6.07, 6.45) is 0.905. The van der Waals surface area contributed by atoms with Gasteiger partial charge in [0.15, 0.2) is 0 Å². The first-order valence-corrected chi connectivity index (χ1v) is 6.56. The fraction of sp³-hybridized carbons (Fsp3) is 0.467. The maximum absolute atomic E-state index is 11.8. The lowest BCUT2D eigenvalue weighted by atomic mass is 10.1. The molecule has 0 aliphatic heterocycles. The molecule has 1 aromatic rings. The highest BCUT2D eigenvalue weighted by Gasteiger charge is 2.26. The van der Waals surface area contributed by atoms with Gasteiger partial charge in [0.25, 0.3) is 0 Å². The Morgan fingerprint density at radius 1 is 1.35 bits per heavy atom. The number of rotatable bonds is 6. The zero-order valence-corrected chi connectivity index (χ0v) is 12.2. The third-order valence-corrected chi connectivity index (χ3v) is 2.81. The second-order valence-corrected chi connectivity index (χ2v) is 5.44. The first-order chi connectivity index (χ1) is 9.45. The summed E-state index contributed by atoms with van der Waals surface area (Å²) in [6, 6.07) is 9.86. The lowest BCUT2D eigenvalue weighted by Crippen LogP contribution is -2.47. The van der Waals surface area contributed by atoms with Crippen LogP contribution in [-0.2, 0) is 16.1 Å². The lowest BCUT2D eigenvalue weighted by Gasteiger charge is -2.33. The third kappa shape index (κ3) is 5.34. The maximum atomic E-state index is 11.8. The molecule has 0 aliphatic carbocycles. The van der Waals surface area contributed by atoms with Crippen molar-refractivity contribution in [3.8, 4) is 0 Å². The van der Waals surface area contributed by atoms with Gasteiger partial charge in [-0.3, -0.25) is 4.79 Å². The third-order valence-electron chi connectivity index (χ3n) is 2.81. The second-order valence-electron chi connectivity index (χ2n) is 5.44. The maximum Gasteiger partial charge on any atom is 0.344 e. The van der Waals surface area contributed by atoms with E-state index in [9.17, 15) is 4.79 Å². The summed E-state index contributed by atoms with van der Waals surface area (Å²) < 4.78 is 5.57. The summed E-state index contributed by atoms with van der Waals surface area (Å²) in [5, 5.41) is 0. The standard InChI is InChI=1S/C15H21N3O2/c1-15(2,3)18(14(19)11-17-16)9-10-20-12-13-7-5-4-6-8-13/h4-8,11H,9-10,12H2,1-3H3. The zero-order valence-electron chi connectivity index (χ0n) is 12.2. The van der Waals surface area contributed by atoms with Crippen molar-refractivity contribution in [1.82, 2.24) is 4.90 Å². The molecule has 0 saturated carbocycles. The SMILES string of the molecule is CC(C)(C)N(CCOCc1ccccc1)C(=O)C=[N+]=[N-]. The van der Waals surface area contributed by atoms with Gasteiger partial charge in [0.05, 0.1) is 13.2 Å². The number of benzene rings is 1. The summed E-state index contributed by atoms with van der Waals surface area (Å²) in [4.78, 5) is 16.2. The van der Waals surface area contributed by atoms with Gasteiger partial charge in [-0.2, -0.15) is 4.79 Å². The molecule has 5 heteroatoms. The number of amides is 1. The highest BCUT2D eigenvalue weighted by Crippen LogP contribution is 2.12. The number of ether oxygens (including phenoxy) is 1. The van der Waals surface area contributed by atoms with Crippen molar-refractivity contribution in [2.45, 2.75) is 32.9 Å². The Hall–Kier alpha value is -1.97. The van der Waals surface area contributed by atoms with Crippen LogP contribution in [0.3, 0.4) is 0 Å². The van der Waals surface area contributed by atoms with Crippen LogP contribution in [0.2, 0.25) is 0 Å². The molecule has 0 atom stereocenters. The normalized spacial score (nSPS) is 10.8. The molecule has 0 spiro atoms. The molecule has 0 saturated heterocycles. The van der Waals surface area contributed by atoms with E-state index in [1.165, 1.54) is 0 Å². The minimum atomic E-state index is -0.353. The van der Waals surface area contributed by atoms with Crippen LogP contribution in [-0.4, -0.2) is 40.5 Å². The van der Waals surface area contributed by atoms with Gasteiger partial charge in [0.1, 0.15) is 0 Å². The van der Waals surface area contributed by atoms with E-state index in [2.05, 4.69) is 4.79 Å². The van der Waals surface area contributed by atoms with Crippen LogP contribution < -0.4 is 0 Å². The predicted octanol–water partition coefficient (Wildman–Crippen LogP) is 2.13. The summed E-state index contributed by atoms with van der Waals surface area (Å²) in [5.41, 5.74) is 9.20. The lowest BCUT2D eigenvalue weighted by molar-refractivity contribution is -0.132. The van der Waals surface area contributed by atoms with Crippen LogP contribution in [0.15, 0.2) is 30.3 Å². The Morgan fingerprint density at radius 3 is 2.55 bits per heavy atom. The smallest absolute Gasteiger partial charge is 0.344 e. The number of carbonyl (C=O) groups excluding carboxylic acids is 1. The second kappa shape index (κ2) is 7.58. The Morgan fingerprint density at radius 2 is 2.00 bits per heavy atom. The van der Waals surface area contributed by atoms with Crippen LogP contribution in [0.1, 0.15) is 26.3 Å². The average molecular weight is 275 g/mol. The Balaban J connectivity index is 2.47. The van der Waals surface area contributed by atoms with Crippen molar-refractivity contribution in [2.75, 3.05) is 13.2 Å². The fourth-order valence-corrected chi connectivity index (χ4v) is 1.82. The highest BCUT2D eigenvalue weighted by atomic mass is 16.5. The molecule has 1 aromatic carbocycles. The Bertz CT molecular complexity index is 474. The molecule has 108 valence electrons. The molecule has 1 rings (SSSR count). The van der Waals surface area contributed by atoms with E-state index in [0.29, 0.717) is 19.8 Å². The molecule has 0 radical (unpaired) electrons. The molecule has 0 N–H and O–H groups in total. The van der Waals surface area contributed by atoms with Crippen LogP contribution in [0.5, 0.6) is 0 Å². The molecule has 0 aromatic heterocycles. The zero-order chi connectivity index (χ0) is 15.0. The summed E-state index contributed by atoms with van der Waals surface area (Å²) >= 11 is 0. The van der Waals surface area contributed by atoms with Gasteiger partial charge < -0.3 is 15.2 Å². The molecule has 20 heavy (non-hydrogen) atoms. The van der Waals surface area contributed by atoms with Crippen LogP contribution in [0.4, 0.5) is 0 Å². The molecular formula is C15H21N3O2. The molecule has 0 fully saturated rings. The summed E-state index contributed by atoms with van der Waals surface area (Å²) in [7, 11) is 0. The quantitative estimate of drug-likeness (QED) is 0.345. The molecule has 0 heterocycles. The van der Waals surface area contributed by atoms with Gasteiger partial charge >= 0.3 is 12.1 Å². The minimum absolute atomic E-state index is 0.330. The van der Waals surface area contributed by atoms with Gasteiger partial charge in [-0.1, -0.05) is 30.3 Å². The molecule has 0 aliphatic rings. The molecule has 0 unspecified atom stereocenters. The topological polar surface area (TPSA) is 65.9 Å². The van der Waals surface area contributed by atoms with Crippen molar-refractivity contribution in [3.05, 3.63) is 41.4 Å². The van der Waals surface area contributed by atoms with Crippen LogP contribution >= 0.6 is 0 Å². The average Bonchev–Trinajstić information content (AvgIpc) is 2.38. The van der Waals surface area contributed by atoms with Crippen molar-refractivity contribution in [3.63, 3.8) is 0 Å². The fourth-order valence-electron chi connectivity index (χ4n) is 1.82. The number of hydrogen-bond acceptors (Lipinski definition) is 2. The summed E-state index contributed by atoms with van der Waals surface area (Å²) in [5.74, 6) is -0.330. The van der Waals surface area contributed by atoms with Gasteiger partial charge in [0.2, 0.25) is 0 Å². The molecule has 5 nitrogen and oxygen atoms in total. The number of hydrogen-bond donors (Lipinski definition) is 0. The molecular weight excluding hydrogens is 254 g/mol. The van der Waals surface area contributed by atoms with E-state index in [1.807, 2.05) is 51.1 Å². The van der Waals surface area contributed by atoms with E-state index in [-0.39, 0.29) is 11.4 Å². The molecule has 0 bridgehead atoms. The number of carbonyl (C=O) groups is 1. The van der Waals surface area contributed by atoms with E-state index >= 15 is 0 Å². The van der Waals surface area contributed by atoms with Gasteiger partial charge in [-0.25, -0.2) is 0 Å². The molecule has 1 amide bonds. The van der Waals surface area contributed by atoms with Gasteiger partial charge in [-0.05, 0) is 26.3 Å². The Kier molecular flexibility index (Phi) is 6.10. The monoisotopic (exact) mass is 275 g/mol. The first kappa shape index (κ1) is 16.1. The van der Waals surface area contributed by atoms with Crippen molar-refractivity contribution in [2.24, 2.45) is 0 Å². The number of nitrogens with zero attached hydrogens (tertiary/aromatic N) is 3. The van der Waals surface area contributed by atoms with Crippen molar-refractivity contribution < 1.29 is 14.3 Å². The largest absolute Gasteiger partial charge is 0.375 e. The van der Waals surface area contributed by atoms with Crippen LogP contribution in [0.25, 0.3) is 5.53 Å². The van der Waals surface area contributed by atoms with Gasteiger partial charge in [-0.15, -0.1) is 0 Å². The van der Waals surface area contributed by atoms with Gasteiger partial charge in [0, 0.05) is 12.1 Å². The van der Waals surface area contributed by atoms with E-state index in [1.54, 1.807) is 4.90 Å². The van der Waals surface area contributed by atoms with Crippen molar-refractivity contribution >= 4 is 12.1 Å². The van der Waals surface area contributed by atoms with Crippen LogP contribution in [0, 0.1) is 0 Å². The Labute approximate surface area is 119 Å². The summed E-state index contributed by atoms with van der Waals surface area (Å²) in [6.45, 7) is 7.16. The first-order valence-electron chi connectivity index (χ1n) is 6.56. The highest BCUT2D eigenvalue weighted by molar-refractivity contribution is 6.24. The van der Waals surface area contributed by atoms with E-state index < -0.39 is 0 Å². The van der Waals surface area contributed by atoms with E-state index in [0.717, 1.165) is 11.8 Å². The van der Waals surface area contributed by atoms with E-state index in [4.69, 9.17) is 10.3 Å². The minimum Gasteiger partial charge on any atom is -0.375 e.